The van der Waals surface area contributed by atoms with E-state index in [1.54, 1.807) is 0 Å². The summed E-state index contributed by atoms with van der Waals surface area (Å²) in [5.41, 5.74) is 24.3. The maximum Gasteiger partial charge on any atom is 0.198 e. The van der Waals surface area contributed by atoms with Crippen molar-refractivity contribution in [2.75, 3.05) is 5.32 Å². The number of hydrogen-bond acceptors (Lipinski definition) is 3. The van der Waals surface area contributed by atoms with Gasteiger partial charge in [-0.05, 0) is 145 Å². The normalized spacial score (nSPS) is 16.0. The molecule has 0 spiro atoms. The second kappa shape index (κ2) is 14.9. The predicted octanol–water partition coefficient (Wildman–Crippen LogP) is 18.0. The lowest BCUT2D eigenvalue weighted by atomic mass is 9.58. The molecule has 5 heteroatoms. The summed E-state index contributed by atoms with van der Waals surface area (Å²) in [5, 5.41) is 11.5. The van der Waals surface area contributed by atoms with E-state index in [2.05, 4.69) is 237 Å². The van der Waals surface area contributed by atoms with Crippen LogP contribution in [0.3, 0.4) is 0 Å². The highest BCUT2D eigenvalue weighted by atomic mass is 32.1. The van der Waals surface area contributed by atoms with Gasteiger partial charge in [0.2, 0.25) is 0 Å². The largest absolute Gasteiger partial charge is 0.455 e. The molecule has 1 N–H and O–H groups in total. The lowest BCUT2D eigenvalue weighted by Crippen LogP contribution is -2.38. The quantitative estimate of drug-likeness (QED) is 0.178. The zero-order valence-corrected chi connectivity index (χ0v) is 44.6. The molecule has 9 aromatic carbocycles. The van der Waals surface area contributed by atoms with Crippen molar-refractivity contribution in [3.05, 3.63) is 186 Å². The van der Waals surface area contributed by atoms with E-state index in [0.29, 0.717) is 0 Å². The highest BCUT2D eigenvalue weighted by molar-refractivity contribution is 7.25. The van der Waals surface area contributed by atoms with Crippen molar-refractivity contribution in [2.45, 2.75) is 96.8 Å². The summed E-state index contributed by atoms with van der Waals surface area (Å²) >= 11 is 1.92. The van der Waals surface area contributed by atoms with Crippen molar-refractivity contribution in [1.82, 2.24) is 4.57 Å². The number of thiophene rings is 1. The first-order chi connectivity index (χ1) is 35.5. The van der Waals surface area contributed by atoms with Crippen molar-refractivity contribution < 1.29 is 4.42 Å². The van der Waals surface area contributed by atoms with Gasteiger partial charge in [0.1, 0.15) is 11.2 Å². The van der Waals surface area contributed by atoms with Gasteiger partial charge in [-0.2, -0.15) is 0 Å². The van der Waals surface area contributed by atoms with E-state index in [4.69, 9.17) is 4.42 Å². The predicted molar refractivity (Wildman–Crippen MR) is 318 cm³/mol. The summed E-state index contributed by atoms with van der Waals surface area (Å²) in [6.07, 6.45) is 2.35. The molecule has 1 radical (unpaired) electrons. The average molecular weight is 974 g/mol. The smallest absolute Gasteiger partial charge is 0.198 e. The number of para-hydroxylation sites is 1. The summed E-state index contributed by atoms with van der Waals surface area (Å²) in [4.78, 5) is 0. The molecular weight excluding hydrogens is 916 g/mol. The third kappa shape index (κ3) is 6.14. The zero-order chi connectivity index (χ0) is 50.4. The number of benzene rings is 9. The molecule has 0 saturated carbocycles. The van der Waals surface area contributed by atoms with Gasteiger partial charge in [-0.25, -0.2) is 0 Å². The molecule has 0 unspecified atom stereocenters. The SMILES string of the molecule is CC(C)(C)c1ccc2c(c1)c1c3c(oc4ccccc43)c(-c3cc4c(cc3Nc3cccc(-c5ccccc5)c3)sc3cc5c(cc34)C(C)(C)CCC5(C)C)c3c1n2-c1cc2c(cc1[B]3)-c1ccccc1C2(C)C. The van der Waals surface area contributed by atoms with Crippen LogP contribution in [0.25, 0.3) is 103 Å². The van der Waals surface area contributed by atoms with Crippen LogP contribution < -0.4 is 16.2 Å². The van der Waals surface area contributed by atoms with E-state index in [9.17, 15) is 0 Å². The van der Waals surface area contributed by atoms with E-state index >= 15 is 0 Å². The van der Waals surface area contributed by atoms with Crippen LogP contribution in [0.2, 0.25) is 0 Å². The molecule has 0 saturated heterocycles. The Kier molecular flexibility index (Phi) is 8.91. The van der Waals surface area contributed by atoms with Crippen LogP contribution in [0, 0.1) is 0 Å². The van der Waals surface area contributed by atoms with Crippen molar-refractivity contribution >= 4 is 105 Å². The Morgan fingerprint density at radius 3 is 2.09 bits per heavy atom. The lowest BCUT2D eigenvalue weighted by Gasteiger charge is -2.41. The lowest BCUT2D eigenvalue weighted by molar-refractivity contribution is 0.332. The molecule has 3 nitrogen and oxygen atoms in total. The van der Waals surface area contributed by atoms with Gasteiger partial charge in [0.25, 0.3) is 0 Å². The van der Waals surface area contributed by atoms with Crippen LogP contribution in [-0.4, -0.2) is 11.8 Å². The first-order valence-corrected chi connectivity index (χ1v) is 27.4. The number of nitrogens with one attached hydrogen (secondary N) is 1. The third-order valence-electron chi connectivity index (χ3n) is 17.8. The molecule has 2 aliphatic carbocycles. The standard InChI is InChI=1S/C69H58BN2OS/c1-66(2,3)40-26-27-55-48(31-40)60-61-43-23-14-16-25-57(43)73-65(61)62(63-64(60)72(55)56-35-50-44(34-53(56)70-63)42-22-13-15-24-49(42)69(50,8)9)47-32-45-46-33-51-52(68(6,7)29-28-67(51,4)5)36-58(46)74-59(45)37-54(47)71-41-21-17-20-39(30-41)38-18-11-10-12-19-38/h10-27,30-37,71H,28-29H2,1-9H3. The molecule has 3 aliphatic rings. The molecule has 1 aliphatic heterocycles. The molecule has 0 bridgehead atoms. The molecule has 12 aromatic rings. The fourth-order valence-electron chi connectivity index (χ4n) is 13.6. The fourth-order valence-corrected chi connectivity index (χ4v) is 14.8. The van der Waals surface area contributed by atoms with Gasteiger partial charge in [0, 0.05) is 80.8 Å². The number of furan rings is 1. The minimum Gasteiger partial charge on any atom is -0.455 e. The van der Waals surface area contributed by atoms with E-state index in [1.807, 2.05) is 11.3 Å². The minimum atomic E-state index is -0.153. The second-order valence-corrected chi connectivity index (χ2v) is 25.7. The minimum absolute atomic E-state index is 0.0505. The van der Waals surface area contributed by atoms with Crippen LogP contribution in [-0.2, 0) is 21.7 Å². The van der Waals surface area contributed by atoms with Gasteiger partial charge in [0.15, 0.2) is 7.28 Å². The summed E-state index contributed by atoms with van der Waals surface area (Å²) in [6.45, 7) is 21.6. The van der Waals surface area contributed by atoms with Crippen LogP contribution in [0.1, 0.15) is 103 Å². The van der Waals surface area contributed by atoms with Gasteiger partial charge in [-0.1, -0.05) is 165 Å². The van der Waals surface area contributed by atoms with Gasteiger partial charge >= 0.3 is 0 Å². The maximum absolute atomic E-state index is 7.44. The number of nitrogens with zero attached hydrogens (tertiary/aromatic N) is 1. The van der Waals surface area contributed by atoms with Crippen molar-refractivity contribution in [2.24, 2.45) is 0 Å². The Balaban J connectivity index is 1.09. The number of hydrogen-bond donors (Lipinski definition) is 1. The first kappa shape index (κ1) is 44.2. The Labute approximate surface area is 438 Å². The van der Waals surface area contributed by atoms with Crippen molar-refractivity contribution in [1.29, 1.82) is 0 Å². The molecule has 0 fully saturated rings. The highest BCUT2D eigenvalue weighted by Gasteiger charge is 2.40. The molecule has 3 aromatic heterocycles. The van der Waals surface area contributed by atoms with Gasteiger partial charge in [0.05, 0.1) is 5.52 Å². The van der Waals surface area contributed by atoms with Crippen LogP contribution >= 0.6 is 11.3 Å². The monoisotopic (exact) mass is 973 g/mol. The first-order valence-electron chi connectivity index (χ1n) is 26.6. The molecular formula is C69H58BN2OS. The number of anilines is 2. The number of rotatable bonds is 4. The molecule has 74 heavy (non-hydrogen) atoms. The molecule has 4 heterocycles. The topological polar surface area (TPSA) is 30.1 Å². The number of aromatic nitrogens is 1. The van der Waals surface area contributed by atoms with Crippen LogP contribution in [0.4, 0.5) is 11.4 Å². The Bertz CT molecular complexity index is 4440. The summed E-state index contributed by atoms with van der Waals surface area (Å²) in [7, 11) is 2.51. The Morgan fingerprint density at radius 1 is 0.568 bits per heavy atom. The highest BCUT2D eigenvalue weighted by Crippen LogP contribution is 2.54. The van der Waals surface area contributed by atoms with E-state index in [0.717, 1.165) is 39.1 Å². The van der Waals surface area contributed by atoms with Crippen LogP contribution in [0.5, 0.6) is 0 Å². The van der Waals surface area contributed by atoms with Crippen LogP contribution in [0.15, 0.2) is 162 Å². The van der Waals surface area contributed by atoms with Crippen molar-refractivity contribution in [3.63, 3.8) is 0 Å². The van der Waals surface area contributed by atoms with Gasteiger partial charge < -0.3 is 14.3 Å². The molecule has 359 valence electrons. The summed E-state index contributed by atoms with van der Waals surface area (Å²) in [6, 6.07) is 59.7. The molecule has 0 amide bonds. The van der Waals surface area contributed by atoms with Gasteiger partial charge in [-0.3, -0.25) is 0 Å². The summed E-state index contributed by atoms with van der Waals surface area (Å²) in [5.74, 6) is 0. The van der Waals surface area contributed by atoms with E-state index in [1.165, 1.54) is 127 Å². The van der Waals surface area contributed by atoms with Gasteiger partial charge in [-0.15, -0.1) is 11.3 Å². The zero-order valence-electron chi connectivity index (χ0n) is 43.8. The Morgan fingerprint density at radius 2 is 1.28 bits per heavy atom. The molecule has 15 rings (SSSR count). The molecule has 0 atom stereocenters. The third-order valence-corrected chi connectivity index (χ3v) is 18.9. The van der Waals surface area contributed by atoms with E-state index in [-0.39, 0.29) is 21.7 Å². The summed E-state index contributed by atoms with van der Waals surface area (Å²) < 4.78 is 12.7. The van der Waals surface area contributed by atoms with E-state index < -0.39 is 0 Å². The number of fused-ring (bicyclic) bond motifs is 16. The fraction of sp³-hybridized carbons (Fsp3) is 0.217. The van der Waals surface area contributed by atoms with Crippen molar-refractivity contribution in [3.8, 4) is 39.1 Å². The second-order valence-electron chi connectivity index (χ2n) is 24.6. The maximum atomic E-state index is 7.44. The average Bonchev–Trinajstić information content (AvgIpc) is 4.19. The Hall–Kier alpha value is -7.34.